The Kier molecular flexibility index (Phi) is 2.29. The molecule has 1 aliphatic heterocycles. The summed E-state index contributed by atoms with van der Waals surface area (Å²) in [6.07, 6.45) is 1.71. The lowest BCUT2D eigenvalue weighted by Crippen LogP contribution is -1.99. The fourth-order valence-corrected chi connectivity index (χ4v) is 2.50. The lowest BCUT2D eigenvalue weighted by Gasteiger charge is -2.07. The molecule has 0 atom stereocenters. The number of hydrogen-bond donors (Lipinski definition) is 0. The predicted octanol–water partition coefficient (Wildman–Crippen LogP) is 2.98. The van der Waals surface area contributed by atoms with Crippen LogP contribution in [0.15, 0.2) is 48.7 Å². The van der Waals surface area contributed by atoms with Crippen LogP contribution in [0.5, 0.6) is 0 Å². The number of nitrogens with zero attached hydrogens (tertiary/aromatic N) is 2. The van der Waals surface area contributed by atoms with Gasteiger partial charge in [-0.05, 0) is 0 Å². The largest absolute Gasteiger partial charge is 0.449 e. The SMILES string of the molecule is O=C1O[CH]c2cccc(-c3nncc4ccccc34)c21. The number of fused-ring (bicyclic) bond motifs is 2. The van der Waals surface area contributed by atoms with E-state index in [0.29, 0.717) is 11.3 Å². The van der Waals surface area contributed by atoms with E-state index in [-0.39, 0.29) is 5.97 Å². The molecule has 0 saturated heterocycles. The summed E-state index contributed by atoms with van der Waals surface area (Å²) in [5.74, 6) is -0.342. The fourth-order valence-electron chi connectivity index (χ4n) is 2.50. The second kappa shape index (κ2) is 4.13. The van der Waals surface area contributed by atoms with Crippen LogP contribution < -0.4 is 0 Å². The summed E-state index contributed by atoms with van der Waals surface area (Å²) in [7, 11) is 0. The highest BCUT2D eigenvalue weighted by atomic mass is 16.5. The minimum Gasteiger partial charge on any atom is -0.449 e. The third-order valence-electron chi connectivity index (χ3n) is 3.42. The molecule has 1 aliphatic rings. The summed E-state index contributed by atoms with van der Waals surface area (Å²) >= 11 is 0. The number of benzene rings is 2. The normalized spacial score (nSPS) is 13.3. The Morgan fingerprint density at radius 3 is 2.85 bits per heavy atom. The third kappa shape index (κ3) is 1.51. The lowest BCUT2D eigenvalue weighted by molar-refractivity contribution is 0.0658. The number of cyclic esters (lactones) is 1. The molecule has 0 N–H and O–H groups in total. The molecule has 2 aromatic carbocycles. The van der Waals surface area contributed by atoms with Gasteiger partial charge in [-0.1, -0.05) is 42.5 Å². The molecule has 4 heteroatoms. The average molecular weight is 261 g/mol. The third-order valence-corrected chi connectivity index (χ3v) is 3.42. The van der Waals surface area contributed by atoms with Gasteiger partial charge in [0.2, 0.25) is 0 Å². The highest BCUT2D eigenvalue weighted by Gasteiger charge is 2.26. The Bertz CT molecular complexity index is 838. The zero-order valence-corrected chi connectivity index (χ0v) is 10.4. The van der Waals surface area contributed by atoms with Gasteiger partial charge in [0, 0.05) is 21.9 Å². The molecule has 0 saturated carbocycles. The minimum absolute atomic E-state index is 0.342. The number of ether oxygens (including phenoxy) is 1. The van der Waals surface area contributed by atoms with E-state index in [9.17, 15) is 4.79 Å². The highest BCUT2D eigenvalue weighted by molar-refractivity contribution is 6.05. The molecule has 4 rings (SSSR count). The van der Waals surface area contributed by atoms with Crippen LogP contribution in [0.25, 0.3) is 22.0 Å². The molecule has 20 heavy (non-hydrogen) atoms. The average Bonchev–Trinajstić information content (AvgIpc) is 2.88. The van der Waals surface area contributed by atoms with Crippen molar-refractivity contribution in [3.8, 4) is 11.3 Å². The molecule has 95 valence electrons. The summed E-state index contributed by atoms with van der Waals surface area (Å²) in [4.78, 5) is 11.9. The van der Waals surface area contributed by atoms with E-state index >= 15 is 0 Å². The van der Waals surface area contributed by atoms with E-state index in [1.807, 2.05) is 42.5 Å². The number of rotatable bonds is 1. The minimum atomic E-state index is -0.342. The van der Waals surface area contributed by atoms with Crippen molar-refractivity contribution in [2.75, 3.05) is 0 Å². The van der Waals surface area contributed by atoms with Gasteiger partial charge in [0.1, 0.15) is 5.69 Å². The first-order valence-electron chi connectivity index (χ1n) is 6.22. The van der Waals surface area contributed by atoms with Crippen LogP contribution in [0.2, 0.25) is 0 Å². The summed E-state index contributed by atoms with van der Waals surface area (Å²) in [6.45, 7) is 1.47. The van der Waals surface area contributed by atoms with Gasteiger partial charge in [0.25, 0.3) is 0 Å². The van der Waals surface area contributed by atoms with Crippen molar-refractivity contribution < 1.29 is 9.53 Å². The van der Waals surface area contributed by atoms with Crippen LogP contribution in [0.1, 0.15) is 15.9 Å². The molecule has 3 aromatic rings. The van der Waals surface area contributed by atoms with Gasteiger partial charge in [-0.2, -0.15) is 5.10 Å². The Morgan fingerprint density at radius 2 is 1.90 bits per heavy atom. The highest BCUT2D eigenvalue weighted by Crippen LogP contribution is 2.33. The maximum atomic E-state index is 11.9. The first-order chi connectivity index (χ1) is 9.84. The van der Waals surface area contributed by atoms with Gasteiger partial charge in [0.15, 0.2) is 6.61 Å². The number of hydrogen-bond acceptors (Lipinski definition) is 4. The van der Waals surface area contributed by atoms with E-state index in [1.54, 1.807) is 6.20 Å². The van der Waals surface area contributed by atoms with Gasteiger partial charge in [-0.25, -0.2) is 4.79 Å². The van der Waals surface area contributed by atoms with Gasteiger partial charge in [0.05, 0.1) is 11.8 Å². The van der Waals surface area contributed by atoms with Crippen LogP contribution in [0, 0.1) is 6.61 Å². The zero-order valence-electron chi connectivity index (χ0n) is 10.4. The summed E-state index contributed by atoms with van der Waals surface area (Å²) in [6, 6.07) is 13.4. The van der Waals surface area contributed by atoms with Crippen LogP contribution in [-0.4, -0.2) is 16.2 Å². The number of aromatic nitrogens is 2. The van der Waals surface area contributed by atoms with E-state index in [1.165, 1.54) is 6.61 Å². The second-order valence-corrected chi connectivity index (χ2v) is 4.57. The van der Waals surface area contributed by atoms with Crippen LogP contribution in [-0.2, 0) is 4.74 Å². The molecule has 1 aromatic heterocycles. The first kappa shape index (κ1) is 11.1. The quantitative estimate of drug-likeness (QED) is 0.632. The van der Waals surface area contributed by atoms with Gasteiger partial charge in [-0.15, -0.1) is 5.10 Å². The molecule has 4 nitrogen and oxygen atoms in total. The Balaban J connectivity index is 2.06. The topological polar surface area (TPSA) is 52.1 Å². The van der Waals surface area contributed by atoms with E-state index in [2.05, 4.69) is 10.2 Å². The predicted molar refractivity (Wildman–Crippen MR) is 73.8 cm³/mol. The second-order valence-electron chi connectivity index (χ2n) is 4.57. The van der Waals surface area contributed by atoms with Gasteiger partial charge < -0.3 is 4.74 Å². The van der Waals surface area contributed by atoms with Crippen molar-refractivity contribution in [2.24, 2.45) is 0 Å². The Hall–Kier alpha value is -2.75. The molecule has 0 spiro atoms. The molecule has 0 bridgehead atoms. The number of carbonyl (C=O) groups excluding carboxylic acids is 1. The van der Waals surface area contributed by atoms with E-state index in [0.717, 1.165) is 21.9 Å². The molecular formula is C16H9N2O2. The van der Waals surface area contributed by atoms with Gasteiger partial charge in [-0.3, -0.25) is 0 Å². The van der Waals surface area contributed by atoms with Crippen molar-refractivity contribution in [2.45, 2.75) is 0 Å². The molecule has 1 radical (unpaired) electrons. The molecule has 2 heterocycles. The number of carbonyl (C=O) groups is 1. The monoisotopic (exact) mass is 261 g/mol. The molecule has 0 amide bonds. The molecule has 0 unspecified atom stereocenters. The van der Waals surface area contributed by atoms with Crippen molar-refractivity contribution >= 4 is 16.7 Å². The van der Waals surface area contributed by atoms with Crippen molar-refractivity contribution in [1.29, 1.82) is 0 Å². The molecule has 0 fully saturated rings. The molecular weight excluding hydrogens is 252 g/mol. The summed E-state index contributed by atoms with van der Waals surface area (Å²) in [5, 5.41) is 10.2. The van der Waals surface area contributed by atoms with E-state index < -0.39 is 0 Å². The van der Waals surface area contributed by atoms with Gasteiger partial charge >= 0.3 is 5.97 Å². The lowest BCUT2D eigenvalue weighted by atomic mass is 9.97. The zero-order chi connectivity index (χ0) is 13.5. The maximum absolute atomic E-state index is 11.9. The summed E-state index contributed by atoms with van der Waals surface area (Å²) < 4.78 is 4.99. The van der Waals surface area contributed by atoms with Crippen molar-refractivity contribution in [3.63, 3.8) is 0 Å². The van der Waals surface area contributed by atoms with Crippen LogP contribution in [0.3, 0.4) is 0 Å². The van der Waals surface area contributed by atoms with E-state index in [4.69, 9.17) is 4.74 Å². The Morgan fingerprint density at radius 1 is 1.00 bits per heavy atom. The fraction of sp³-hybridized carbons (Fsp3) is 0. The summed E-state index contributed by atoms with van der Waals surface area (Å²) in [5.41, 5.74) is 2.79. The molecule has 0 aliphatic carbocycles. The number of esters is 1. The smallest absolute Gasteiger partial charge is 0.340 e. The van der Waals surface area contributed by atoms with Crippen LogP contribution >= 0.6 is 0 Å². The van der Waals surface area contributed by atoms with Crippen LogP contribution in [0.4, 0.5) is 0 Å². The van der Waals surface area contributed by atoms with Crippen molar-refractivity contribution in [1.82, 2.24) is 10.2 Å². The standard InChI is InChI=1S/C16H9N2O2/c19-16-14-11(9-20-16)5-3-7-13(14)15-12-6-2-1-4-10(12)8-17-18-15/h1-9H. The maximum Gasteiger partial charge on any atom is 0.340 e. The van der Waals surface area contributed by atoms with Crippen molar-refractivity contribution in [3.05, 3.63) is 66.4 Å². The Labute approximate surface area is 115 Å². The first-order valence-corrected chi connectivity index (χ1v) is 6.22.